The molecule has 1 saturated heterocycles. The molecule has 2 atom stereocenters. The van der Waals surface area contributed by atoms with Crippen LogP contribution in [-0.2, 0) is 0 Å². The van der Waals surface area contributed by atoms with Gasteiger partial charge in [-0.05, 0) is 64.0 Å². The van der Waals surface area contributed by atoms with Gasteiger partial charge in [0.1, 0.15) is 5.82 Å². The molecule has 1 aliphatic rings. The summed E-state index contributed by atoms with van der Waals surface area (Å²) in [6.07, 6.45) is 5.03. The lowest BCUT2D eigenvalue weighted by atomic mass is 9.95. The van der Waals surface area contributed by atoms with Gasteiger partial charge >= 0.3 is 0 Å². The standard InChI is InChI=1S/C16H24BrFN2/c1-12(15-7-6-13(18)11-16(15)17)20-10-4-3-5-14(20)8-9-19-2/h6-7,11-12,14,19H,3-5,8-10H2,1-2H3. The number of benzene rings is 1. The highest BCUT2D eigenvalue weighted by molar-refractivity contribution is 9.10. The van der Waals surface area contributed by atoms with Gasteiger partial charge in [0.2, 0.25) is 0 Å². The smallest absolute Gasteiger partial charge is 0.124 e. The summed E-state index contributed by atoms with van der Waals surface area (Å²) in [4.78, 5) is 2.58. The summed E-state index contributed by atoms with van der Waals surface area (Å²) in [6.45, 7) is 4.42. The average molecular weight is 343 g/mol. The average Bonchev–Trinajstić information content (AvgIpc) is 2.45. The molecule has 20 heavy (non-hydrogen) atoms. The number of likely N-dealkylation sites (tertiary alicyclic amines) is 1. The third-order valence-electron chi connectivity index (χ3n) is 4.31. The van der Waals surface area contributed by atoms with E-state index in [1.165, 1.54) is 31.2 Å². The molecule has 0 spiro atoms. The molecule has 1 fully saturated rings. The highest BCUT2D eigenvalue weighted by Crippen LogP contribution is 2.33. The van der Waals surface area contributed by atoms with Crippen molar-refractivity contribution in [3.05, 3.63) is 34.1 Å². The minimum absolute atomic E-state index is 0.182. The molecule has 1 heterocycles. The number of nitrogens with zero attached hydrogens (tertiary/aromatic N) is 1. The summed E-state index contributed by atoms with van der Waals surface area (Å²) in [5.41, 5.74) is 1.18. The largest absolute Gasteiger partial charge is 0.320 e. The van der Waals surface area contributed by atoms with E-state index in [-0.39, 0.29) is 5.82 Å². The zero-order chi connectivity index (χ0) is 14.5. The number of nitrogens with one attached hydrogen (secondary N) is 1. The molecule has 2 nitrogen and oxygen atoms in total. The second-order valence-corrected chi connectivity index (χ2v) is 6.48. The van der Waals surface area contributed by atoms with Crippen molar-refractivity contribution in [3.63, 3.8) is 0 Å². The van der Waals surface area contributed by atoms with Gasteiger partial charge in [0.25, 0.3) is 0 Å². The van der Waals surface area contributed by atoms with Gasteiger partial charge in [-0.3, -0.25) is 4.90 Å². The molecule has 0 saturated carbocycles. The van der Waals surface area contributed by atoms with Crippen LogP contribution < -0.4 is 5.32 Å². The van der Waals surface area contributed by atoms with Crippen molar-refractivity contribution in [2.24, 2.45) is 0 Å². The molecule has 1 aromatic carbocycles. The predicted molar refractivity (Wildman–Crippen MR) is 85.4 cm³/mol. The van der Waals surface area contributed by atoms with Crippen molar-refractivity contribution >= 4 is 15.9 Å². The van der Waals surface area contributed by atoms with Crippen molar-refractivity contribution < 1.29 is 4.39 Å². The summed E-state index contributed by atoms with van der Waals surface area (Å²) in [5, 5.41) is 3.25. The summed E-state index contributed by atoms with van der Waals surface area (Å²) in [5.74, 6) is -0.182. The van der Waals surface area contributed by atoms with E-state index >= 15 is 0 Å². The maximum atomic E-state index is 13.2. The van der Waals surface area contributed by atoms with E-state index in [4.69, 9.17) is 0 Å². The third kappa shape index (κ3) is 3.80. The molecule has 1 N–H and O–H groups in total. The predicted octanol–water partition coefficient (Wildman–Crippen LogP) is 4.11. The Kier molecular flexibility index (Phi) is 6.00. The molecular formula is C16H24BrFN2. The lowest BCUT2D eigenvalue weighted by Gasteiger charge is -2.40. The topological polar surface area (TPSA) is 15.3 Å². The van der Waals surface area contributed by atoms with Gasteiger partial charge in [0.05, 0.1) is 0 Å². The van der Waals surface area contributed by atoms with Crippen LogP contribution in [0.1, 0.15) is 44.2 Å². The SMILES string of the molecule is CNCCC1CCCCN1C(C)c1ccc(F)cc1Br. The Hall–Kier alpha value is -0.450. The second kappa shape index (κ2) is 7.53. The van der Waals surface area contributed by atoms with Gasteiger partial charge < -0.3 is 5.32 Å². The Morgan fingerprint density at radius 1 is 1.45 bits per heavy atom. The van der Waals surface area contributed by atoms with Gasteiger partial charge in [-0.25, -0.2) is 4.39 Å². The summed E-state index contributed by atoms with van der Waals surface area (Å²) in [7, 11) is 2.01. The van der Waals surface area contributed by atoms with Crippen molar-refractivity contribution in [2.45, 2.75) is 44.7 Å². The second-order valence-electron chi connectivity index (χ2n) is 5.62. The van der Waals surface area contributed by atoms with Crippen LogP contribution in [-0.4, -0.2) is 31.1 Å². The van der Waals surface area contributed by atoms with Gasteiger partial charge in [0.15, 0.2) is 0 Å². The van der Waals surface area contributed by atoms with Gasteiger partial charge in [-0.2, -0.15) is 0 Å². The van der Waals surface area contributed by atoms with Crippen LogP contribution in [0.25, 0.3) is 0 Å². The molecule has 0 bridgehead atoms. The molecular weight excluding hydrogens is 319 g/mol. The lowest BCUT2D eigenvalue weighted by Crippen LogP contribution is -2.42. The summed E-state index contributed by atoms with van der Waals surface area (Å²) in [6, 6.07) is 5.99. The van der Waals surface area contributed by atoms with Gasteiger partial charge in [0, 0.05) is 16.6 Å². The quantitative estimate of drug-likeness (QED) is 0.865. The molecule has 0 radical (unpaired) electrons. The highest BCUT2D eigenvalue weighted by Gasteiger charge is 2.27. The Bertz CT molecular complexity index is 438. The van der Waals surface area contributed by atoms with Crippen molar-refractivity contribution in [2.75, 3.05) is 20.1 Å². The van der Waals surface area contributed by atoms with E-state index in [0.29, 0.717) is 12.1 Å². The molecule has 0 aromatic heterocycles. The minimum atomic E-state index is -0.182. The molecule has 1 aliphatic heterocycles. The fourth-order valence-electron chi connectivity index (χ4n) is 3.17. The Morgan fingerprint density at radius 2 is 2.25 bits per heavy atom. The third-order valence-corrected chi connectivity index (χ3v) is 5.00. The molecule has 4 heteroatoms. The molecule has 2 rings (SSSR count). The van der Waals surface area contributed by atoms with E-state index in [9.17, 15) is 4.39 Å². The van der Waals surface area contributed by atoms with Gasteiger partial charge in [-0.1, -0.05) is 28.4 Å². The van der Waals surface area contributed by atoms with E-state index in [1.807, 2.05) is 13.1 Å². The molecule has 112 valence electrons. The normalized spacial score (nSPS) is 21.9. The first-order valence-electron chi connectivity index (χ1n) is 7.48. The summed E-state index contributed by atoms with van der Waals surface area (Å²) < 4.78 is 14.1. The van der Waals surface area contributed by atoms with Crippen LogP contribution in [0.5, 0.6) is 0 Å². The minimum Gasteiger partial charge on any atom is -0.320 e. The number of hydrogen-bond donors (Lipinski definition) is 1. The highest BCUT2D eigenvalue weighted by atomic mass is 79.9. The molecule has 0 amide bonds. The van der Waals surface area contributed by atoms with Crippen LogP contribution in [0, 0.1) is 5.82 Å². The Morgan fingerprint density at radius 3 is 2.95 bits per heavy atom. The van der Waals surface area contributed by atoms with E-state index in [2.05, 4.69) is 33.1 Å². The van der Waals surface area contributed by atoms with E-state index < -0.39 is 0 Å². The maximum absolute atomic E-state index is 13.2. The van der Waals surface area contributed by atoms with E-state index in [1.54, 1.807) is 12.1 Å². The maximum Gasteiger partial charge on any atom is 0.124 e. The monoisotopic (exact) mass is 342 g/mol. The zero-order valence-corrected chi connectivity index (χ0v) is 13.9. The number of piperidine rings is 1. The van der Waals surface area contributed by atoms with Crippen LogP contribution >= 0.6 is 15.9 Å². The molecule has 0 aliphatic carbocycles. The van der Waals surface area contributed by atoms with Crippen LogP contribution in [0.4, 0.5) is 4.39 Å². The van der Waals surface area contributed by atoms with E-state index in [0.717, 1.165) is 17.6 Å². The summed E-state index contributed by atoms with van der Waals surface area (Å²) >= 11 is 3.51. The Balaban J connectivity index is 2.13. The number of hydrogen-bond acceptors (Lipinski definition) is 2. The lowest BCUT2D eigenvalue weighted by molar-refractivity contribution is 0.0968. The fraction of sp³-hybridized carbons (Fsp3) is 0.625. The fourth-order valence-corrected chi connectivity index (χ4v) is 3.85. The number of halogens is 2. The van der Waals surface area contributed by atoms with Gasteiger partial charge in [-0.15, -0.1) is 0 Å². The van der Waals surface area contributed by atoms with Crippen molar-refractivity contribution in [1.82, 2.24) is 10.2 Å². The first kappa shape index (κ1) is 15.9. The number of rotatable bonds is 5. The zero-order valence-electron chi connectivity index (χ0n) is 12.3. The van der Waals surface area contributed by atoms with Crippen LogP contribution in [0.3, 0.4) is 0 Å². The van der Waals surface area contributed by atoms with Crippen molar-refractivity contribution in [3.8, 4) is 0 Å². The van der Waals surface area contributed by atoms with Crippen molar-refractivity contribution in [1.29, 1.82) is 0 Å². The van der Waals surface area contributed by atoms with Crippen LogP contribution in [0.2, 0.25) is 0 Å². The molecule has 2 unspecified atom stereocenters. The first-order chi connectivity index (χ1) is 9.63. The molecule has 1 aromatic rings. The van der Waals surface area contributed by atoms with Crippen LogP contribution in [0.15, 0.2) is 22.7 Å². The first-order valence-corrected chi connectivity index (χ1v) is 8.28. The Labute approximate surface area is 129 Å².